The molecule has 0 aromatic heterocycles. The van der Waals surface area contributed by atoms with Gasteiger partial charge >= 0.3 is 5.97 Å². The number of nitrogens with one attached hydrogen (secondary N) is 1. The van der Waals surface area contributed by atoms with Gasteiger partial charge in [0.25, 0.3) is 5.91 Å². The smallest absolute Gasteiger partial charge is 0.332 e. The predicted molar refractivity (Wildman–Crippen MR) is 63.6 cm³/mol. The van der Waals surface area contributed by atoms with Crippen LogP contribution in [0.3, 0.4) is 0 Å². The quantitative estimate of drug-likeness (QED) is 0.676. The second-order valence-electron chi connectivity index (χ2n) is 3.63. The van der Waals surface area contributed by atoms with Crippen LogP contribution in [0.4, 0.5) is 0 Å². The summed E-state index contributed by atoms with van der Waals surface area (Å²) in [6.45, 7) is 0.0956. The average molecular weight is 253 g/mol. The van der Waals surface area contributed by atoms with Gasteiger partial charge in [-0.2, -0.15) is 0 Å². The SMILES string of the molecule is COc1ccc(C(=O)NCCC(O)C(=O)O)cc1. The van der Waals surface area contributed by atoms with E-state index in [-0.39, 0.29) is 18.9 Å². The Morgan fingerprint density at radius 3 is 2.44 bits per heavy atom. The number of carboxylic acids is 1. The Morgan fingerprint density at radius 1 is 1.33 bits per heavy atom. The van der Waals surface area contributed by atoms with Gasteiger partial charge in [-0.3, -0.25) is 4.79 Å². The molecule has 0 fully saturated rings. The lowest BCUT2D eigenvalue weighted by Gasteiger charge is -2.07. The Kier molecular flexibility index (Phi) is 5.13. The van der Waals surface area contributed by atoms with Crippen molar-refractivity contribution in [1.82, 2.24) is 5.32 Å². The molecule has 0 saturated heterocycles. The van der Waals surface area contributed by atoms with Crippen molar-refractivity contribution >= 4 is 11.9 Å². The van der Waals surface area contributed by atoms with E-state index in [0.717, 1.165) is 0 Å². The van der Waals surface area contributed by atoms with Gasteiger partial charge < -0.3 is 20.3 Å². The van der Waals surface area contributed by atoms with Crippen LogP contribution in [0.2, 0.25) is 0 Å². The molecule has 6 nitrogen and oxygen atoms in total. The van der Waals surface area contributed by atoms with Gasteiger partial charge in [0.15, 0.2) is 6.10 Å². The van der Waals surface area contributed by atoms with Crippen LogP contribution < -0.4 is 10.1 Å². The number of aliphatic hydroxyl groups is 1. The first kappa shape index (κ1) is 14.0. The lowest BCUT2D eigenvalue weighted by Crippen LogP contribution is -2.30. The van der Waals surface area contributed by atoms with E-state index in [1.807, 2.05) is 0 Å². The molecule has 1 atom stereocenters. The molecule has 0 saturated carbocycles. The van der Waals surface area contributed by atoms with E-state index in [1.54, 1.807) is 24.3 Å². The highest BCUT2D eigenvalue weighted by molar-refractivity contribution is 5.94. The number of methoxy groups -OCH3 is 1. The molecule has 1 unspecified atom stereocenters. The molecule has 1 rings (SSSR count). The van der Waals surface area contributed by atoms with Crippen molar-refractivity contribution in [3.05, 3.63) is 29.8 Å². The minimum atomic E-state index is -1.46. The van der Waals surface area contributed by atoms with E-state index in [9.17, 15) is 9.59 Å². The fraction of sp³-hybridized carbons (Fsp3) is 0.333. The Bertz CT molecular complexity index is 415. The molecule has 6 heteroatoms. The zero-order valence-electron chi connectivity index (χ0n) is 9.92. The summed E-state index contributed by atoms with van der Waals surface area (Å²) in [6.07, 6.45) is -1.49. The van der Waals surface area contributed by atoms with E-state index in [0.29, 0.717) is 11.3 Å². The summed E-state index contributed by atoms with van der Waals surface area (Å²) >= 11 is 0. The maximum Gasteiger partial charge on any atom is 0.332 e. The molecule has 0 radical (unpaired) electrons. The van der Waals surface area contributed by atoms with Crippen LogP contribution in [0.5, 0.6) is 5.75 Å². The summed E-state index contributed by atoms with van der Waals surface area (Å²) in [5.41, 5.74) is 0.445. The first-order chi connectivity index (χ1) is 8.54. The van der Waals surface area contributed by atoms with Gasteiger partial charge in [-0.1, -0.05) is 0 Å². The number of carboxylic acid groups (broad SMARTS) is 1. The second kappa shape index (κ2) is 6.61. The summed E-state index contributed by atoms with van der Waals surface area (Å²) in [6, 6.07) is 6.51. The van der Waals surface area contributed by atoms with Crippen LogP contribution in [0.1, 0.15) is 16.8 Å². The Balaban J connectivity index is 2.42. The maximum absolute atomic E-state index is 11.6. The highest BCUT2D eigenvalue weighted by Crippen LogP contribution is 2.10. The van der Waals surface area contributed by atoms with Crippen LogP contribution in [-0.4, -0.2) is 41.8 Å². The summed E-state index contributed by atoms with van der Waals surface area (Å²) in [5, 5.41) is 20.0. The summed E-state index contributed by atoms with van der Waals surface area (Å²) in [5.74, 6) is -0.975. The first-order valence-corrected chi connectivity index (χ1v) is 5.37. The van der Waals surface area contributed by atoms with E-state index in [4.69, 9.17) is 14.9 Å². The van der Waals surface area contributed by atoms with E-state index < -0.39 is 12.1 Å². The molecule has 98 valence electrons. The number of hydrogen-bond acceptors (Lipinski definition) is 4. The third kappa shape index (κ3) is 4.06. The Morgan fingerprint density at radius 2 is 1.94 bits per heavy atom. The number of carbonyl (C=O) groups excluding carboxylic acids is 1. The van der Waals surface area contributed by atoms with Crippen molar-refractivity contribution in [2.75, 3.05) is 13.7 Å². The second-order valence-corrected chi connectivity index (χ2v) is 3.63. The Labute approximate surface area is 104 Å². The molecule has 0 aliphatic carbocycles. The highest BCUT2D eigenvalue weighted by atomic mass is 16.5. The molecule has 1 aromatic rings. The fourth-order valence-corrected chi connectivity index (χ4v) is 1.29. The molecule has 0 bridgehead atoms. The monoisotopic (exact) mass is 253 g/mol. The summed E-state index contributed by atoms with van der Waals surface area (Å²) in [4.78, 5) is 22.0. The van der Waals surface area contributed by atoms with E-state index in [2.05, 4.69) is 5.32 Å². The number of amides is 1. The van der Waals surface area contributed by atoms with Crippen LogP contribution >= 0.6 is 0 Å². The molecule has 1 amide bonds. The van der Waals surface area contributed by atoms with Crippen molar-refractivity contribution in [1.29, 1.82) is 0 Å². The van der Waals surface area contributed by atoms with E-state index in [1.165, 1.54) is 7.11 Å². The number of aliphatic carboxylic acids is 1. The van der Waals surface area contributed by atoms with E-state index >= 15 is 0 Å². The third-order valence-electron chi connectivity index (χ3n) is 2.34. The third-order valence-corrected chi connectivity index (χ3v) is 2.34. The molecule has 0 aliphatic rings. The van der Waals surface area contributed by atoms with Crippen LogP contribution in [-0.2, 0) is 4.79 Å². The van der Waals surface area contributed by atoms with Crippen LogP contribution in [0.15, 0.2) is 24.3 Å². The van der Waals surface area contributed by atoms with Crippen molar-refractivity contribution < 1.29 is 24.5 Å². The highest BCUT2D eigenvalue weighted by Gasteiger charge is 2.13. The van der Waals surface area contributed by atoms with Crippen LogP contribution in [0.25, 0.3) is 0 Å². The zero-order chi connectivity index (χ0) is 13.5. The largest absolute Gasteiger partial charge is 0.497 e. The first-order valence-electron chi connectivity index (χ1n) is 5.37. The molecule has 0 spiro atoms. The van der Waals surface area contributed by atoms with Crippen molar-refractivity contribution in [2.24, 2.45) is 0 Å². The normalized spacial score (nSPS) is 11.7. The lowest BCUT2D eigenvalue weighted by atomic mass is 10.2. The van der Waals surface area contributed by atoms with Crippen molar-refractivity contribution in [2.45, 2.75) is 12.5 Å². The molecule has 3 N–H and O–H groups in total. The lowest BCUT2D eigenvalue weighted by molar-refractivity contribution is -0.146. The maximum atomic E-state index is 11.6. The summed E-state index contributed by atoms with van der Waals surface area (Å²) in [7, 11) is 1.53. The van der Waals surface area contributed by atoms with Gasteiger partial charge in [0.1, 0.15) is 5.75 Å². The summed E-state index contributed by atoms with van der Waals surface area (Å²) < 4.78 is 4.96. The topological polar surface area (TPSA) is 95.9 Å². The average Bonchev–Trinajstić information content (AvgIpc) is 2.38. The molecule has 0 aliphatic heterocycles. The van der Waals surface area contributed by atoms with Crippen molar-refractivity contribution in [3.8, 4) is 5.75 Å². The number of benzene rings is 1. The molecular weight excluding hydrogens is 238 g/mol. The fourth-order valence-electron chi connectivity index (χ4n) is 1.29. The standard InChI is InChI=1S/C12H15NO5/c1-18-9-4-2-8(3-5-9)11(15)13-7-6-10(14)12(16)17/h2-5,10,14H,6-7H2,1H3,(H,13,15)(H,16,17). The number of carbonyl (C=O) groups is 2. The predicted octanol–water partition coefficient (Wildman–Crippen LogP) is 0.261. The van der Waals surface area contributed by atoms with Crippen LogP contribution in [0, 0.1) is 0 Å². The van der Waals surface area contributed by atoms with Gasteiger partial charge in [0, 0.05) is 18.5 Å². The van der Waals surface area contributed by atoms with Gasteiger partial charge in [-0.05, 0) is 24.3 Å². The van der Waals surface area contributed by atoms with Gasteiger partial charge in [0.05, 0.1) is 7.11 Å². The molecular formula is C12H15NO5. The van der Waals surface area contributed by atoms with Gasteiger partial charge in [-0.15, -0.1) is 0 Å². The number of hydrogen-bond donors (Lipinski definition) is 3. The molecule has 1 aromatic carbocycles. The number of ether oxygens (including phenoxy) is 1. The zero-order valence-corrected chi connectivity index (χ0v) is 9.92. The van der Waals surface area contributed by atoms with Crippen molar-refractivity contribution in [3.63, 3.8) is 0 Å². The Hall–Kier alpha value is -2.08. The molecule has 18 heavy (non-hydrogen) atoms. The van der Waals surface area contributed by atoms with Gasteiger partial charge in [0.2, 0.25) is 0 Å². The number of rotatable bonds is 6. The van der Waals surface area contributed by atoms with Gasteiger partial charge in [-0.25, -0.2) is 4.79 Å². The minimum absolute atomic E-state index is 0.0305. The number of aliphatic hydroxyl groups excluding tert-OH is 1. The minimum Gasteiger partial charge on any atom is -0.497 e. The molecule has 0 heterocycles.